The van der Waals surface area contributed by atoms with Gasteiger partial charge in [-0.2, -0.15) is 0 Å². The molecule has 0 unspecified atom stereocenters. The smallest absolute Gasteiger partial charge is 0.273 e. The highest BCUT2D eigenvalue weighted by Crippen LogP contribution is 2.28. The maximum atomic E-state index is 12.6. The maximum absolute atomic E-state index is 12.6. The molecule has 1 heterocycles. The van der Waals surface area contributed by atoms with Gasteiger partial charge in [0.2, 0.25) is 0 Å². The molecule has 0 fully saturated rings. The van der Waals surface area contributed by atoms with Gasteiger partial charge < -0.3 is 5.11 Å². The molecule has 0 aliphatic rings. The highest BCUT2D eigenvalue weighted by Gasteiger charge is 2.25. The number of thiophene rings is 1. The molecule has 0 radical (unpaired) electrons. The Bertz CT molecular complexity index is 675. The molecule has 20 heavy (non-hydrogen) atoms. The fourth-order valence-electron chi connectivity index (χ4n) is 1.89. The van der Waals surface area contributed by atoms with Crippen molar-refractivity contribution in [3.63, 3.8) is 0 Å². The molecule has 0 spiro atoms. The number of rotatable bonds is 5. The molecule has 2 rings (SSSR count). The summed E-state index contributed by atoms with van der Waals surface area (Å²) in [6.45, 7) is 3.98. The van der Waals surface area contributed by atoms with Crippen LogP contribution in [0, 0.1) is 6.92 Å². The number of aliphatic hydroxyl groups is 1. The van der Waals surface area contributed by atoms with E-state index in [0.29, 0.717) is 17.1 Å². The average Bonchev–Trinajstić information content (AvgIpc) is 2.91. The molecule has 0 aliphatic heterocycles. The summed E-state index contributed by atoms with van der Waals surface area (Å²) < 4.78 is 26.9. The maximum Gasteiger partial charge on any atom is 0.273 e. The predicted molar refractivity (Wildman–Crippen MR) is 81.6 cm³/mol. The van der Waals surface area contributed by atoms with Crippen LogP contribution in [0.5, 0.6) is 0 Å². The first kappa shape index (κ1) is 15.0. The molecular weight excluding hydrogens is 294 g/mol. The highest BCUT2D eigenvalue weighted by atomic mass is 32.2. The van der Waals surface area contributed by atoms with Crippen LogP contribution in [0.4, 0.5) is 5.69 Å². The molecule has 1 N–H and O–H groups in total. The van der Waals surface area contributed by atoms with Gasteiger partial charge in [-0.15, -0.1) is 11.3 Å². The van der Waals surface area contributed by atoms with Crippen LogP contribution in [0.15, 0.2) is 40.6 Å². The number of nitrogens with zero attached hydrogens (tertiary/aromatic N) is 1. The second kappa shape index (κ2) is 5.95. The van der Waals surface area contributed by atoms with E-state index in [2.05, 4.69) is 0 Å². The van der Waals surface area contributed by atoms with E-state index in [1.54, 1.807) is 31.2 Å². The normalized spacial score (nSPS) is 11.6. The van der Waals surface area contributed by atoms with E-state index in [0.717, 1.165) is 16.9 Å². The number of benzene rings is 1. The van der Waals surface area contributed by atoms with Crippen molar-refractivity contribution in [2.75, 3.05) is 10.8 Å². The predicted octanol–water partition coefficient (Wildman–Crippen LogP) is 2.76. The highest BCUT2D eigenvalue weighted by molar-refractivity contribution is 7.94. The second-order valence-corrected chi connectivity index (χ2v) is 7.64. The van der Waals surface area contributed by atoms with Gasteiger partial charge in [0, 0.05) is 11.4 Å². The van der Waals surface area contributed by atoms with Crippen LogP contribution < -0.4 is 4.31 Å². The average molecular weight is 311 g/mol. The third-order valence-electron chi connectivity index (χ3n) is 2.95. The topological polar surface area (TPSA) is 57.6 Å². The van der Waals surface area contributed by atoms with E-state index < -0.39 is 10.0 Å². The van der Waals surface area contributed by atoms with Crippen LogP contribution in [0.25, 0.3) is 0 Å². The third-order valence-corrected chi connectivity index (χ3v) is 6.39. The van der Waals surface area contributed by atoms with Crippen molar-refractivity contribution < 1.29 is 13.5 Å². The van der Waals surface area contributed by atoms with Crippen molar-refractivity contribution >= 4 is 27.0 Å². The molecule has 0 amide bonds. The summed E-state index contributed by atoms with van der Waals surface area (Å²) in [7, 11) is -3.57. The molecule has 1 aromatic heterocycles. The SMILES string of the molecule is CCN(c1ccc(C)cc1)S(=O)(=O)c1ccc(CO)s1. The molecule has 0 aliphatic carbocycles. The Morgan fingerprint density at radius 3 is 2.30 bits per heavy atom. The van der Waals surface area contributed by atoms with E-state index in [1.807, 2.05) is 19.1 Å². The minimum atomic E-state index is -3.57. The van der Waals surface area contributed by atoms with Gasteiger partial charge in [-0.25, -0.2) is 8.42 Å². The van der Waals surface area contributed by atoms with Gasteiger partial charge in [0.1, 0.15) is 4.21 Å². The third kappa shape index (κ3) is 2.87. The standard InChI is InChI=1S/C14H17NO3S2/c1-3-15(12-6-4-11(2)5-7-12)20(17,18)14-9-8-13(10-16)19-14/h4-9,16H,3,10H2,1-2H3. The Balaban J connectivity index is 2.41. The summed E-state index contributed by atoms with van der Waals surface area (Å²) in [5.41, 5.74) is 1.73. The Morgan fingerprint density at radius 2 is 1.80 bits per heavy atom. The van der Waals surface area contributed by atoms with E-state index in [1.165, 1.54) is 4.31 Å². The van der Waals surface area contributed by atoms with Crippen molar-refractivity contribution in [1.82, 2.24) is 0 Å². The van der Waals surface area contributed by atoms with E-state index in [4.69, 9.17) is 5.11 Å². The van der Waals surface area contributed by atoms with Gasteiger partial charge in [0.15, 0.2) is 0 Å². The zero-order valence-electron chi connectivity index (χ0n) is 11.4. The first-order chi connectivity index (χ1) is 9.48. The van der Waals surface area contributed by atoms with Crippen molar-refractivity contribution in [3.8, 4) is 0 Å². The van der Waals surface area contributed by atoms with Gasteiger partial charge in [0.25, 0.3) is 10.0 Å². The van der Waals surface area contributed by atoms with Crippen LogP contribution in [0.3, 0.4) is 0 Å². The van der Waals surface area contributed by atoms with E-state index in [9.17, 15) is 8.42 Å². The second-order valence-electron chi connectivity index (χ2n) is 4.38. The van der Waals surface area contributed by atoms with Gasteiger partial charge in [-0.3, -0.25) is 4.31 Å². The van der Waals surface area contributed by atoms with Crippen molar-refractivity contribution in [3.05, 3.63) is 46.8 Å². The number of sulfonamides is 1. The Labute approximate surface area is 123 Å². The molecule has 0 saturated heterocycles. The molecule has 1 aromatic carbocycles. The lowest BCUT2D eigenvalue weighted by atomic mass is 10.2. The molecule has 6 heteroatoms. The number of aryl methyl sites for hydroxylation is 1. The summed E-state index contributed by atoms with van der Waals surface area (Å²) in [6, 6.07) is 10.6. The lowest BCUT2D eigenvalue weighted by Gasteiger charge is -2.22. The first-order valence-corrected chi connectivity index (χ1v) is 8.53. The first-order valence-electron chi connectivity index (χ1n) is 6.28. The fourth-order valence-corrected chi connectivity index (χ4v) is 4.70. The zero-order chi connectivity index (χ0) is 14.8. The quantitative estimate of drug-likeness (QED) is 0.923. The van der Waals surface area contributed by atoms with Crippen molar-refractivity contribution in [2.45, 2.75) is 24.7 Å². The van der Waals surface area contributed by atoms with Crippen LogP contribution >= 0.6 is 11.3 Å². The van der Waals surface area contributed by atoms with Crippen LogP contribution in [-0.4, -0.2) is 20.1 Å². The van der Waals surface area contributed by atoms with Crippen molar-refractivity contribution in [1.29, 1.82) is 0 Å². The number of hydrogen-bond donors (Lipinski definition) is 1. The molecule has 0 saturated carbocycles. The minimum Gasteiger partial charge on any atom is -0.391 e. The molecule has 4 nitrogen and oxygen atoms in total. The van der Waals surface area contributed by atoms with Gasteiger partial charge in [-0.05, 0) is 38.1 Å². The Morgan fingerprint density at radius 1 is 1.15 bits per heavy atom. The number of hydrogen-bond acceptors (Lipinski definition) is 4. The summed E-state index contributed by atoms with van der Waals surface area (Å²) in [5, 5.41) is 9.06. The Kier molecular flexibility index (Phi) is 4.47. The number of anilines is 1. The van der Waals surface area contributed by atoms with Crippen LogP contribution in [0.1, 0.15) is 17.4 Å². The van der Waals surface area contributed by atoms with Crippen molar-refractivity contribution in [2.24, 2.45) is 0 Å². The van der Waals surface area contributed by atoms with Gasteiger partial charge in [0.05, 0.1) is 12.3 Å². The monoisotopic (exact) mass is 311 g/mol. The van der Waals surface area contributed by atoms with Crippen LogP contribution in [0.2, 0.25) is 0 Å². The zero-order valence-corrected chi connectivity index (χ0v) is 13.0. The van der Waals surface area contributed by atoms with Gasteiger partial charge in [-0.1, -0.05) is 17.7 Å². The molecule has 2 aromatic rings. The fraction of sp³-hybridized carbons (Fsp3) is 0.286. The summed E-state index contributed by atoms with van der Waals surface area (Å²) in [6.07, 6.45) is 0. The van der Waals surface area contributed by atoms with Crippen LogP contribution in [-0.2, 0) is 16.6 Å². The molecule has 0 bridgehead atoms. The largest absolute Gasteiger partial charge is 0.391 e. The summed E-state index contributed by atoms with van der Waals surface area (Å²) in [5.74, 6) is 0. The molecule has 0 atom stereocenters. The van der Waals surface area contributed by atoms with Gasteiger partial charge >= 0.3 is 0 Å². The molecule has 108 valence electrons. The van der Waals surface area contributed by atoms with E-state index in [-0.39, 0.29) is 10.8 Å². The number of aliphatic hydroxyl groups excluding tert-OH is 1. The summed E-state index contributed by atoms with van der Waals surface area (Å²) in [4.78, 5) is 0.642. The minimum absolute atomic E-state index is 0.142. The lowest BCUT2D eigenvalue weighted by Crippen LogP contribution is -2.30. The molecular formula is C14H17NO3S2. The summed E-state index contributed by atoms with van der Waals surface area (Å²) >= 11 is 1.10. The Hall–Kier alpha value is -1.37. The lowest BCUT2D eigenvalue weighted by molar-refractivity contribution is 0.285. The van der Waals surface area contributed by atoms with E-state index >= 15 is 0 Å².